The van der Waals surface area contributed by atoms with E-state index in [9.17, 15) is 13.2 Å². The van der Waals surface area contributed by atoms with E-state index in [-0.39, 0.29) is 22.6 Å². The lowest BCUT2D eigenvalue weighted by Crippen LogP contribution is -2.17. The highest BCUT2D eigenvalue weighted by atomic mass is 32.2. The molecule has 1 aromatic heterocycles. The minimum Gasteiger partial charge on any atom is -0.439 e. The van der Waals surface area contributed by atoms with Gasteiger partial charge in [0.2, 0.25) is 11.8 Å². The van der Waals surface area contributed by atoms with Crippen LogP contribution in [0.2, 0.25) is 0 Å². The Morgan fingerprint density at radius 3 is 2.12 bits per heavy atom. The van der Waals surface area contributed by atoms with Gasteiger partial charge in [-0.05, 0) is 36.4 Å². The first-order valence-corrected chi connectivity index (χ1v) is 11.5. The van der Waals surface area contributed by atoms with Crippen molar-refractivity contribution in [2.24, 2.45) is 0 Å². The minimum atomic E-state index is -3.91. The van der Waals surface area contributed by atoms with Crippen molar-refractivity contribution in [1.29, 1.82) is 0 Å². The summed E-state index contributed by atoms with van der Waals surface area (Å²) >= 11 is 0. The molecule has 166 valence electrons. The van der Waals surface area contributed by atoms with Gasteiger partial charge in [0.05, 0.1) is 10.6 Å². The number of ether oxygens (including phenoxy) is 1. The van der Waals surface area contributed by atoms with Gasteiger partial charge < -0.3 is 10.1 Å². The number of amides is 1. The van der Waals surface area contributed by atoms with Crippen LogP contribution in [0.4, 0.5) is 5.95 Å². The molecule has 9 heteroatoms. The van der Waals surface area contributed by atoms with Crippen LogP contribution in [0.3, 0.4) is 0 Å². The van der Waals surface area contributed by atoms with Crippen molar-refractivity contribution in [2.75, 3.05) is 11.8 Å². The summed E-state index contributed by atoms with van der Waals surface area (Å²) < 4.78 is 33.8. The van der Waals surface area contributed by atoms with E-state index in [1.165, 1.54) is 12.1 Å². The molecule has 3 aromatic carbocycles. The molecule has 0 unspecified atom stereocenters. The maximum atomic E-state index is 12.8. The summed E-state index contributed by atoms with van der Waals surface area (Å²) in [5.41, 5.74) is 1.56. The zero-order valence-electron chi connectivity index (χ0n) is 17.6. The Labute approximate surface area is 191 Å². The highest BCUT2D eigenvalue weighted by Crippen LogP contribution is 2.27. The Morgan fingerprint density at radius 2 is 1.48 bits per heavy atom. The quantitative estimate of drug-likeness (QED) is 0.430. The zero-order valence-corrected chi connectivity index (χ0v) is 18.4. The van der Waals surface area contributed by atoms with Gasteiger partial charge in [0.1, 0.15) is 5.75 Å². The van der Waals surface area contributed by atoms with E-state index in [1.807, 2.05) is 18.2 Å². The lowest BCUT2D eigenvalue weighted by Gasteiger charge is -2.11. The molecule has 1 heterocycles. The molecule has 0 aliphatic heterocycles. The number of hydrogen-bond acceptors (Lipinski definition) is 6. The third kappa shape index (κ3) is 5.34. The largest absolute Gasteiger partial charge is 0.439 e. The number of benzene rings is 3. The molecular weight excluding hydrogens is 440 g/mol. The highest BCUT2D eigenvalue weighted by molar-refractivity contribution is 7.92. The molecule has 4 rings (SSSR count). The lowest BCUT2D eigenvalue weighted by molar-refractivity contribution is 0.0963. The molecule has 0 fully saturated rings. The first kappa shape index (κ1) is 22.0. The average molecular weight is 461 g/mol. The summed E-state index contributed by atoms with van der Waals surface area (Å²) in [7, 11) is -2.35. The van der Waals surface area contributed by atoms with Gasteiger partial charge in [-0.1, -0.05) is 48.5 Å². The summed E-state index contributed by atoms with van der Waals surface area (Å²) in [4.78, 5) is 20.5. The number of hydrogen-bond donors (Lipinski definition) is 2. The molecule has 33 heavy (non-hydrogen) atoms. The fourth-order valence-corrected chi connectivity index (χ4v) is 3.96. The number of rotatable bonds is 7. The lowest BCUT2D eigenvalue weighted by atomic mass is 10.1. The van der Waals surface area contributed by atoms with Gasteiger partial charge in [-0.2, -0.15) is 4.98 Å². The Hall–Kier alpha value is -4.24. The van der Waals surface area contributed by atoms with Crippen molar-refractivity contribution in [2.45, 2.75) is 4.90 Å². The second-order valence-corrected chi connectivity index (χ2v) is 8.59. The van der Waals surface area contributed by atoms with Crippen molar-refractivity contribution in [3.8, 4) is 22.9 Å². The van der Waals surface area contributed by atoms with Crippen molar-refractivity contribution in [1.82, 2.24) is 15.3 Å². The molecular formula is C24H20N4O4S. The van der Waals surface area contributed by atoms with E-state index >= 15 is 0 Å². The van der Waals surface area contributed by atoms with Crippen LogP contribution < -0.4 is 14.8 Å². The standard InChI is InChI=1S/C24H20N4O4S/c1-25-23(29)18-14-12-17(13-15-18)21-16-22(32-19-8-4-2-5-9-19)27-24(26-21)28-33(30,31)20-10-6-3-7-11-20/h2-16H,1H3,(H,25,29)(H,26,27,28). The maximum absolute atomic E-state index is 12.8. The molecule has 0 radical (unpaired) electrons. The van der Waals surface area contributed by atoms with E-state index in [1.54, 1.807) is 67.7 Å². The molecule has 4 aromatic rings. The molecule has 0 atom stereocenters. The predicted octanol–water partition coefficient (Wildman–Crippen LogP) is 4.10. The van der Waals surface area contributed by atoms with Gasteiger partial charge in [-0.25, -0.2) is 18.1 Å². The van der Waals surface area contributed by atoms with Crippen molar-refractivity contribution in [3.63, 3.8) is 0 Å². The Kier molecular flexibility index (Phi) is 6.32. The number of sulfonamides is 1. The molecule has 0 spiro atoms. The summed E-state index contributed by atoms with van der Waals surface area (Å²) in [5.74, 6) is 0.340. The van der Waals surface area contributed by atoms with Crippen LogP contribution in [0.25, 0.3) is 11.3 Å². The van der Waals surface area contributed by atoms with Gasteiger partial charge in [-0.15, -0.1) is 0 Å². The Bertz CT molecular complexity index is 1360. The van der Waals surface area contributed by atoms with Crippen LogP contribution in [0.15, 0.2) is 95.9 Å². The van der Waals surface area contributed by atoms with E-state index in [4.69, 9.17) is 4.74 Å². The number of carbonyl (C=O) groups excluding carboxylic acids is 1. The van der Waals surface area contributed by atoms with Crippen LogP contribution in [-0.4, -0.2) is 31.3 Å². The van der Waals surface area contributed by atoms with Crippen LogP contribution in [0, 0.1) is 0 Å². The maximum Gasteiger partial charge on any atom is 0.264 e. The Balaban J connectivity index is 1.73. The number of nitrogens with one attached hydrogen (secondary N) is 2. The number of carbonyl (C=O) groups is 1. The summed E-state index contributed by atoms with van der Waals surface area (Å²) in [6.45, 7) is 0. The summed E-state index contributed by atoms with van der Waals surface area (Å²) in [5, 5.41) is 2.57. The van der Waals surface area contributed by atoms with Gasteiger partial charge in [-0.3, -0.25) is 4.79 Å². The smallest absolute Gasteiger partial charge is 0.264 e. The van der Waals surface area contributed by atoms with E-state index < -0.39 is 10.0 Å². The number of aromatic nitrogens is 2. The first-order chi connectivity index (χ1) is 15.9. The monoisotopic (exact) mass is 460 g/mol. The third-order valence-corrected chi connectivity index (χ3v) is 5.96. The van der Waals surface area contributed by atoms with Gasteiger partial charge in [0.15, 0.2) is 0 Å². The summed E-state index contributed by atoms with van der Waals surface area (Å²) in [6.07, 6.45) is 0. The van der Waals surface area contributed by atoms with Gasteiger partial charge >= 0.3 is 0 Å². The molecule has 2 N–H and O–H groups in total. The molecule has 0 saturated carbocycles. The first-order valence-electron chi connectivity index (χ1n) is 9.97. The van der Waals surface area contributed by atoms with Crippen molar-refractivity contribution >= 4 is 21.9 Å². The average Bonchev–Trinajstić information content (AvgIpc) is 2.84. The molecule has 8 nitrogen and oxygen atoms in total. The van der Waals surface area contributed by atoms with Crippen LogP contribution in [0.1, 0.15) is 10.4 Å². The second-order valence-electron chi connectivity index (χ2n) is 6.91. The number of anilines is 1. The Morgan fingerprint density at radius 1 is 0.848 bits per heavy atom. The SMILES string of the molecule is CNC(=O)c1ccc(-c2cc(Oc3ccccc3)nc(NS(=O)(=O)c3ccccc3)n2)cc1. The van der Waals surface area contributed by atoms with E-state index in [0.29, 0.717) is 22.6 Å². The molecule has 0 saturated heterocycles. The molecule has 0 aliphatic carbocycles. The fourth-order valence-electron chi connectivity index (χ4n) is 3.00. The van der Waals surface area contributed by atoms with Gasteiger partial charge in [0, 0.05) is 24.2 Å². The van der Waals surface area contributed by atoms with Crippen LogP contribution in [-0.2, 0) is 10.0 Å². The van der Waals surface area contributed by atoms with Crippen LogP contribution in [0.5, 0.6) is 11.6 Å². The summed E-state index contributed by atoms with van der Waals surface area (Å²) in [6, 6.07) is 25.3. The van der Waals surface area contributed by atoms with Gasteiger partial charge in [0.25, 0.3) is 15.9 Å². The normalized spacial score (nSPS) is 10.9. The van der Waals surface area contributed by atoms with Crippen molar-refractivity contribution < 1.29 is 17.9 Å². The fraction of sp³-hybridized carbons (Fsp3) is 0.0417. The molecule has 0 aliphatic rings. The molecule has 1 amide bonds. The van der Waals surface area contributed by atoms with E-state index in [0.717, 1.165) is 0 Å². The third-order valence-electron chi connectivity index (χ3n) is 4.62. The minimum absolute atomic E-state index is 0.0828. The van der Waals surface area contributed by atoms with E-state index in [2.05, 4.69) is 20.0 Å². The topological polar surface area (TPSA) is 110 Å². The zero-order chi connectivity index (χ0) is 23.3. The second kappa shape index (κ2) is 9.49. The van der Waals surface area contributed by atoms with Crippen molar-refractivity contribution in [3.05, 3.63) is 96.6 Å². The number of para-hydroxylation sites is 1. The molecule has 0 bridgehead atoms. The highest BCUT2D eigenvalue weighted by Gasteiger charge is 2.17. The van der Waals surface area contributed by atoms with Crippen LogP contribution >= 0.6 is 0 Å². The number of nitrogens with zero attached hydrogens (tertiary/aromatic N) is 2. The predicted molar refractivity (Wildman–Crippen MR) is 125 cm³/mol.